The van der Waals surface area contributed by atoms with Gasteiger partial charge in [0, 0.05) is 12.0 Å². The van der Waals surface area contributed by atoms with Crippen LogP contribution < -0.4 is 5.32 Å². The van der Waals surface area contributed by atoms with Crippen molar-refractivity contribution in [2.45, 2.75) is 19.4 Å². The van der Waals surface area contributed by atoms with Crippen LogP contribution in [0.15, 0.2) is 29.4 Å². The zero-order chi connectivity index (χ0) is 12.3. The lowest BCUT2D eigenvalue weighted by molar-refractivity contribution is 0.0753. The molecule has 90 valence electrons. The number of rotatable bonds is 3. The maximum absolute atomic E-state index is 12.7. The molecule has 0 unspecified atom stereocenters. The number of halogens is 1. The number of nitrogens with zero attached hydrogens (tertiary/aromatic N) is 1. The number of carbonyl (C=O) groups excluding carboxylic acids is 1. The van der Waals surface area contributed by atoms with Crippen LogP contribution >= 0.6 is 0 Å². The molecule has 1 aromatic carbocycles. The van der Waals surface area contributed by atoms with E-state index in [-0.39, 0.29) is 17.8 Å². The number of amides is 1. The number of benzene rings is 1. The number of hydrogen-bond donors (Lipinski definition) is 1. The van der Waals surface area contributed by atoms with Crippen molar-refractivity contribution < 1.29 is 14.0 Å². The van der Waals surface area contributed by atoms with Crippen LogP contribution in [0, 0.1) is 5.82 Å². The molecule has 5 heteroatoms. The highest BCUT2D eigenvalue weighted by Crippen LogP contribution is 2.09. The predicted octanol–water partition coefficient (Wildman–Crippen LogP) is 1.72. The minimum absolute atomic E-state index is 0.0978. The standard InChI is InChI=1S/C12H13FN2O2/c1-8-6-11(17-15-8)7-14-12(16)9-2-4-10(13)5-3-9/h2-5,11H,6-7H2,1H3,(H,14,16)/t11-/m1/s1. The monoisotopic (exact) mass is 236 g/mol. The Labute approximate surface area is 98.5 Å². The molecule has 4 nitrogen and oxygen atoms in total. The van der Waals surface area contributed by atoms with Crippen LogP contribution in [0.4, 0.5) is 4.39 Å². The van der Waals surface area contributed by atoms with Crippen molar-refractivity contribution in [3.8, 4) is 0 Å². The molecule has 1 aliphatic rings. The van der Waals surface area contributed by atoms with E-state index in [1.807, 2.05) is 6.92 Å². The third-order valence-electron chi connectivity index (χ3n) is 2.48. The first-order valence-electron chi connectivity index (χ1n) is 5.38. The maximum Gasteiger partial charge on any atom is 0.251 e. The lowest BCUT2D eigenvalue weighted by Gasteiger charge is -2.09. The van der Waals surface area contributed by atoms with Gasteiger partial charge in [0.15, 0.2) is 0 Å². The Hall–Kier alpha value is -1.91. The summed E-state index contributed by atoms with van der Waals surface area (Å²) in [5, 5.41) is 6.52. The van der Waals surface area contributed by atoms with E-state index in [4.69, 9.17) is 4.84 Å². The number of carbonyl (C=O) groups is 1. The molecule has 1 heterocycles. The highest BCUT2D eigenvalue weighted by atomic mass is 19.1. The summed E-state index contributed by atoms with van der Waals surface area (Å²) >= 11 is 0. The van der Waals surface area contributed by atoms with Crippen molar-refractivity contribution in [1.29, 1.82) is 0 Å². The van der Waals surface area contributed by atoms with Crippen molar-refractivity contribution in [2.75, 3.05) is 6.54 Å². The summed E-state index contributed by atoms with van der Waals surface area (Å²) in [5.41, 5.74) is 1.35. The Bertz CT molecular complexity index is 442. The number of hydrogen-bond acceptors (Lipinski definition) is 3. The molecule has 1 aromatic rings. The molecule has 0 saturated heterocycles. The molecule has 0 saturated carbocycles. The van der Waals surface area contributed by atoms with E-state index >= 15 is 0 Å². The summed E-state index contributed by atoms with van der Waals surface area (Å²) in [4.78, 5) is 16.8. The van der Waals surface area contributed by atoms with Gasteiger partial charge in [0.05, 0.1) is 12.3 Å². The average molecular weight is 236 g/mol. The van der Waals surface area contributed by atoms with Gasteiger partial charge in [-0.2, -0.15) is 0 Å². The van der Waals surface area contributed by atoms with Gasteiger partial charge >= 0.3 is 0 Å². The van der Waals surface area contributed by atoms with Crippen LogP contribution in [0.1, 0.15) is 23.7 Å². The van der Waals surface area contributed by atoms with E-state index < -0.39 is 0 Å². The molecular formula is C12H13FN2O2. The molecule has 0 aliphatic carbocycles. The van der Waals surface area contributed by atoms with Crippen LogP contribution in [-0.2, 0) is 4.84 Å². The van der Waals surface area contributed by atoms with E-state index in [0.29, 0.717) is 12.1 Å². The van der Waals surface area contributed by atoms with E-state index in [1.165, 1.54) is 24.3 Å². The Kier molecular flexibility index (Phi) is 3.37. The summed E-state index contributed by atoms with van der Waals surface area (Å²) in [7, 11) is 0. The Morgan fingerprint density at radius 3 is 2.82 bits per heavy atom. The van der Waals surface area contributed by atoms with Gasteiger partial charge in [-0.1, -0.05) is 5.16 Å². The second-order valence-corrected chi connectivity index (χ2v) is 3.98. The van der Waals surface area contributed by atoms with Crippen molar-refractivity contribution in [2.24, 2.45) is 5.16 Å². The molecule has 0 bridgehead atoms. The van der Waals surface area contributed by atoms with Gasteiger partial charge in [0.1, 0.15) is 11.9 Å². The zero-order valence-electron chi connectivity index (χ0n) is 9.44. The molecule has 1 N–H and O–H groups in total. The Morgan fingerprint density at radius 1 is 1.53 bits per heavy atom. The van der Waals surface area contributed by atoms with Crippen LogP contribution in [0.3, 0.4) is 0 Å². The first kappa shape index (κ1) is 11.6. The molecule has 17 heavy (non-hydrogen) atoms. The van der Waals surface area contributed by atoms with Gasteiger partial charge in [-0.15, -0.1) is 0 Å². The van der Waals surface area contributed by atoms with Crippen molar-refractivity contribution in [3.05, 3.63) is 35.6 Å². The van der Waals surface area contributed by atoms with Gasteiger partial charge in [-0.05, 0) is 31.2 Å². The smallest absolute Gasteiger partial charge is 0.251 e. The van der Waals surface area contributed by atoms with Crippen molar-refractivity contribution in [1.82, 2.24) is 5.32 Å². The molecule has 1 amide bonds. The molecule has 0 aromatic heterocycles. The highest BCUT2D eigenvalue weighted by Gasteiger charge is 2.18. The van der Waals surface area contributed by atoms with Gasteiger partial charge in [0.2, 0.25) is 0 Å². The Morgan fingerprint density at radius 2 is 2.24 bits per heavy atom. The largest absolute Gasteiger partial charge is 0.390 e. The summed E-state index contributed by atoms with van der Waals surface area (Å²) in [6, 6.07) is 5.41. The molecule has 2 rings (SSSR count). The van der Waals surface area contributed by atoms with Gasteiger partial charge < -0.3 is 10.2 Å². The van der Waals surface area contributed by atoms with Gasteiger partial charge in [0.25, 0.3) is 5.91 Å². The fourth-order valence-electron chi connectivity index (χ4n) is 1.59. The SMILES string of the molecule is CC1=NO[C@@H](CNC(=O)c2ccc(F)cc2)C1. The first-order chi connectivity index (χ1) is 8.15. The van der Waals surface area contributed by atoms with Crippen LogP contribution in [0.5, 0.6) is 0 Å². The molecule has 1 aliphatic heterocycles. The molecule has 1 atom stereocenters. The van der Waals surface area contributed by atoms with Crippen LogP contribution in [0.2, 0.25) is 0 Å². The fourth-order valence-corrected chi connectivity index (χ4v) is 1.59. The quantitative estimate of drug-likeness (QED) is 0.868. The maximum atomic E-state index is 12.7. The highest BCUT2D eigenvalue weighted by molar-refractivity contribution is 5.94. The minimum Gasteiger partial charge on any atom is -0.390 e. The fraction of sp³-hybridized carbons (Fsp3) is 0.333. The molecular weight excluding hydrogens is 223 g/mol. The van der Waals surface area contributed by atoms with Crippen LogP contribution in [-0.4, -0.2) is 24.3 Å². The molecule has 0 fully saturated rings. The van der Waals surface area contributed by atoms with Crippen molar-refractivity contribution in [3.63, 3.8) is 0 Å². The summed E-state index contributed by atoms with van der Waals surface area (Å²) in [6.07, 6.45) is 0.628. The normalized spacial score (nSPS) is 18.5. The molecule has 0 spiro atoms. The van der Waals surface area contributed by atoms with Crippen molar-refractivity contribution >= 4 is 11.6 Å². The lowest BCUT2D eigenvalue weighted by Crippen LogP contribution is -2.32. The summed E-state index contributed by atoms with van der Waals surface area (Å²) in [5.74, 6) is -0.595. The second-order valence-electron chi connectivity index (χ2n) is 3.98. The van der Waals surface area contributed by atoms with E-state index in [0.717, 1.165) is 12.1 Å². The van der Waals surface area contributed by atoms with E-state index in [1.54, 1.807) is 0 Å². The zero-order valence-corrected chi connectivity index (χ0v) is 9.44. The minimum atomic E-state index is -0.357. The average Bonchev–Trinajstić information content (AvgIpc) is 2.73. The number of nitrogens with one attached hydrogen (secondary N) is 1. The summed E-state index contributed by atoms with van der Waals surface area (Å²) in [6.45, 7) is 2.28. The molecule has 0 radical (unpaired) electrons. The second kappa shape index (κ2) is 4.95. The van der Waals surface area contributed by atoms with E-state index in [9.17, 15) is 9.18 Å². The lowest BCUT2D eigenvalue weighted by atomic mass is 10.2. The number of oxime groups is 1. The third kappa shape index (κ3) is 3.03. The topological polar surface area (TPSA) is 50.7 Å². The van der Waals surface area contributed by atoms with Gasteiger partial charge in [-0.3, -0.25) is 4.79 Å². The van der Waals surface area contributed by atoms with Crippen LogP contribution in [0.25, 0.3) is 0 Å². The van der Waals surface area contributed by atoms with Gasteiger partial charge in [-0.25, -0.2) is 4.39 Å². The predicted molar refractivity (Wildman–Crippen MR) is 61.3 cm³/mol. The third-order valence-corrected chi connectivity index (χ3v) is 2.48. The first-order valence-corrected chi connectivity index (χ1v) is 5.38. The summed E-state index contributed by atoms with van der Waals surface area (Å²) < 4.78 is 12.7. The Balaban J connectivity index is 1.83. The van der Waals surface area contributed by atoms with E-state index in [2.05, 4.69) is 10.5 Å².